The fourth-order valence-corrected chi connectivity index (χ4v) is 5.10. The number of tetrazole rings is 1. The number of benzene rings is 2. The lowest BCUT2D eigenvalue weighted by Crippen LogP contribution is -2.34. The molecule has 9 heteroatoms. The van der Waals surface area contributed by atoms with Gasteiger partial charge in [-0.2, -0.15) is 4.68 Å². The van der Waals surface area contributed by atoms with Crippen molar-refractivity contribution in [3.8, 4) is 11.4 Å². The minimum Gasteiger partial charge on any atom is -0.483 e. The molecule has 1 fully saturated rings. The van der Waals surface area contributed by atoms with E-state index in [9.17, 15) is 0 Å². The second kappa shape index (κ2) is 10.3. The van der Waals surface area contributed by atoms with E-state index in [0.717, 1.165) is 54.5 Å². The van der Waals surface area contributed by atoms with Crippen molar-refractivity contribution in [1.82, 2.24) is 30.1 Å². The van der Waals surface area contributed by atoms with E-state index in [-0.39, 0.29) is 24.8 Å². The summed E-state index contributed by atoms with van der Waals surface area (Å²) in [5.74, 6) is 2.27. The maximum atomic E-state index is 6.02. The van der Waals surface area contributed by atoms with Crippen LogP contribution in [0.15, 0.2) is 48.5 Å². The summed E-state index contributed by atoms with van der Waals surface area (Å²) in [5.41, 5.74) is 5.81. The summed E-state index contributed by atoms with van der Waals surface area (Å²) in [7, 11) is 0. The topological polar surface area (TPSA) is 69.0 Å². The number of halogens is 2. The molecule has 34 heavy (non-hydrogen) atoms. The molecule has 6 rings (SSSR count). The first-order valence-electron chi connectivity index (χ1n) is 11.4. The molecule has 0 radical (unpaired) electrons. The minimum atomic E-state index is 0. The van der Waals surface area contributed by atoms with Gasteiger partial charge in [0.25, 0.3) is 0 Å². The average Bonchev–Trinajstić information content (AvgIpc) is 3.32. The smallest absolute Gasteiger partial charge is 0.194 e. The van der Waals surface area contributed by atoms with E-state index in [0.29, 0.717) is 12.5 Å². The van der Waals surface area contributed by atoms with Crippen LogP contribution < -0.4 is 4.74 Å². The highest BCUT2D eigenvalue weighted by Gasteiger charge is 2.24. The molecule has 0 spiro atoms. The lowest BCUT2D eigenvalue weighted by molar-refractivity contribution is 0.213. The lowest BCUT2D eigenvalue weighted by atomic mass is 9.87. The molecule has 0 amide bonds. The Balaban J connectivity index is 0.00000137. The van der Waals surface area contributed by atoms with E-state index in [2.05, 4.69) is 69.8 Å². The number of hydrogen-bond acceptors (Lipinski definition) is 6. The fraction of sp³-hybridized carbons (Fsp3) is 0.360. The molecule has 0 unspecified atom stereocenters. The second-order valence-corrected chi connectivity index (χ2v) is 8.79. The first-order valence-corrected chi connectivity index (χ1v) is 11.4. The van der Waals surface area contributed by atoms with E-state index in [1.165, 1.54) is 29.4 Å². The number of ether oxygens (including phenoxy) is 1. The molecule has 7 nitrogen and oxygen atoms in total. The van der Waals surface area contributed by atoms with Crippen LogP contribution in [0.1, 0.15) is 41.4 Å². The van der Waals surface area contributed by atoms with Gasteiger partial charge in [-0.25, -0.2) is 0 Å². The fourth-order valence-electron chi connectivity index (χ4n) is 5.10. The zero-order valence-corrected chi connectivity index (χ0v) is 20.7. The number of aromatic nitrogens is 5. The third-order valence-corrected chi connectivity index (χ3v) is 6.81. The zero-order valence-electron chi connectivity index (χ0n) is 19.1. The summed E-state index contributed by atoms with van der Waals surface area (Å²) in [5, 5.41) is 13.2. The third-order valence-electron chi connectivity index (χ3n) is 6.81. The summed E-state index contributed by atoms with van der Waals surface area (Å²) in [6.45, 7) is 5.75. The highest BCUT2D eigenvalue weighted by Crippen LogP contribution is 2.34. The molecule has 178 valence electrons. The molecule has 0 N–H and O–H groups in total. The van der Waals surface area contributed by atoms with E-state index < -0.39 is 0 Å². The molecule has 4 heterocycles. The Labute approximate surface area is 211 Å². The Bertz CT molecular complexity index is 1290. The Morgan fingerprint density at radius 2 is 1.82 bits per heavy atom. The van der Waals surface area contributed by atoms with Gasteiger partial charge >= 0.3 is 0 Å². The first-order chi connectivity index (χ1) is 15.8. The van der Waals surface area contributed by atoms with Crippen LogP contribution in [-0.4, -0.2) is 49.7 Å². The number of para-hydroxylation sites is 1. The SMILES string of the molecule is Cc1ccc2c(C3CCN(CCc4cccc5c4OCc4nnnn4-5)CC3)cccc2n1.Cl.Cl. The van der Waals surface area contributed by atoms with Crippen molar-refractivity contribution in [1.29, 1.82) is 0 Å². The highest BCUT2D eigenvalue weighted by molar-refractivity contribution is 5.85. The quantitative estimate of drug-likeness (QED) is 0.406. The Kier molecular flexibility index (Phi) is 7.36. The molecular weight excluding hydrogens is 471 g/mol. The summed E-state index contributed by atoms with van der Waals surface area (Å²) < 4.78 is 7.80. The van der Waals surface area contributed by atoms with Crippen LogP contribution in [0.3, 0.4) is 0 Å². The van der Waals surface area contributed by atoms with Gasteiger partial charge in [0.1, 0.15) is 18.0 Å². The van der Waals surface area contributed by atoms with Gasteiger partial charge in [0.05, 0.1) is 5.52 Å². The van der Waals surface area contributed by atoms with E-state index in [4.69, 9.17) is 9.72 Å². The van der Waals surface area contributed by atoms with Gasteiger partial charge in [-0.3, -0.25) is 4.98 Å². The molecule has 4 aromatic rings. The molecular formula is C25H28Cl2N6O. The van der Waals surface area contributed by atoms with Crippen molar-refractivity contribution in [2.75, 3.05) is 19.6 Å². The lowest BCUT2D eigenvalue weighted by Gasteiger charge is -2.33. The number of rotatable bonds is 4. The van der Waals surface area contributed by atoms with Crippen LogP contribution in [0.4, 0.5) is 0 Å². The third kappa shape index (κ3) is 4.48. The molecule has 0 aliphatic carbocycles. The number of nitrogens with zero attached hydrogens (tertiary/aromatic N) is 6. The van der Waals surface area contributed by atoms with Gasteiger partial charge < -0.3 is 9.64 Å². The number of aryl methyl sites for hydroxylation is 1. The molecule has 2 aromatic heterocycles. The van der Waals surface area contributed by atoms with E-state index in [1.54, 1.807) is 4.68 Å². The summed E-state index contributed by atoms with van der Waals surface area (Å²) in [6, 6.07) is 17.2. The van der Waals surface area contributed by atoms with Crippen LogP contribution in [0.5, 0.6) is 5.75 Å². The van der Waals surface area contributed by atoms with E-state index >= 15 is 0 Å². The molecule has 0 atom stereocenters. The monoisotopic (exact) mass is 498 g/mol. The van der Waals surface area contributed by atoms with Crippen LogP contribution in [0.2, 0.25) is 0 Å². The molecule has 2 aliphatic heterocycles. The standard InChI is InChI=1S/C25H26N6O.2ClH/c1-17-8-9-21-20(5-3-6-22(21)26-17)18-10-13-30(14-11-18)15-12-19-4-2-7-23-25(19)32-16-24-27-28-29-31(23)24;;/h2-9,18H,10-16H2,1H3;2*1H. The predicted octanol–water partition coefficient (Wildman–Crippen LogP) is 4.68. The van der Waals surface area contributed by atoms with Crippen molar-refractivity contribution in [3.05, 3.63) is 71.2 Å². The van der Waals surface area contributed by atoms with Crippen LogP contribution in [-0.2, 0) is 13.0 Å². The van der Waals surface area contributed by atoms with Crippen molar-refractivity contribution in [3.63, 3.8) is 0 Å². The van der Waals surface area contributed by atoms with Crippen molar-refractivity contribution >= 4 is 35.7 Å². The number of pyridine rings is 1. The van der Waals surface area contributed by atoms with Crippen LogP contribution in [0, 0.1) is 6.92 Å². The molecule has 0 saturated carbocycles. The average molecular weight is 499 g/mol. The number of piperidine rings is 1. The van der Waals surface area contributed by atoms with Gasteiger partial charge in [-0.05, 0) is 84.9 Å². The van der Waals surface area contributed by atoms with Crippen LogP contribution >= 0.6 is 24.8 Å². The molecule has 1 saturated heterocycles. The minimum absolute atomic E-state index is 0. The maximum Gasteiger partial charge on any atom is 0.194 e. The summed E-state index contributed by atoms with van der Waals surface area (Å²) >= 11 is 0. The van der Waals surface area contributed by atoms with E-state index in [1.807, 2.05) is 6.07 Å². The van der Waals surface area contributed by atoms with Gasteiger partial charge in [-0.1, -0.05) is 30.3 Å². The number of likely N-dealkylation sites (tertiary alicyclic amines) is 1. The molecule has 2 aliphatic rings. The number of fused-ring (bicyclic) bond motifs is 4. The molecule has 2 aromatic carbocycles. The maximum absolute atomic E-state index is 6.02. The second-order valence-electron chi connectivity index (χ2n) is 8.79. The van der Waals surface area contributed by atoms with Gasteiger partial charge in [0.15, 0.2) is 5.82 Å². The van der Waals surface area contributed by atoms with Gasteiger partial charge in [0, 0.05) is 17.6 Å². The number of hydrogen-bond donors (Lipinski definition) is 0. The molecule has 0 bridgehead atoms. The largest absolute Gasteiger partial charge is 0.483 e. The predicted molar refractivity (Wildman–Crippen MR) is 137 cm³/mol. The van der Waals surface area contributed by atoms with Crippen molar-refractivity contribution in [2.45, 2.75) is 38.7 Å². The normalized spacial score (nSPS) is 15.6. The first kappa shape index (κ1) is 24.4. The Morgan fingerprint density at radius 1 is 1.00 bits per heavy atom. The Hall–Kier alpha value is -2.74. The van der Waals surface area contributed by atoms with Gasteiger partial charge in [0.2, 0.25) is 0 Å². The van der Waals surface area contributed by atoms with Crippen LogP contribution in [0.25, 0.3) is 16.6 Å². The van der Waals surface area contributed by atoms with Crippen molar-refractivity contribution < 1.29 is 4.74 Å². The zero-order chi connectivity index (χ0) is 21.5. The van der Waals surface area contributed by atoms with Crippen molar-refractivity contribution in [2.24, 2.45) is 0 Å². The van der Waals surface area contributed by atoms with Gasteiger partial charge in [-0.15, -0.1) is 29.9 Å². The summed E-state index contributed by atoms with van der Waals surface area (Å²) in [6.07, 6.45) is 3.33. The Morgan fingerprint density at radius 3 is 2.68 bits per heavy atom. The summed E-state index contributed by atoms with van der Waals surface area (Å²) in [4.78, 5) is 7.30. The highest BCUT2D eigenvalue weighted by atomic mass is 35.5.